The third-order valence-electron chi connectivity index (χ3n) is 4.52. The van der Waals surface area contributed by atoms with Gasteiger partial charge in [-0.2, -0.15) is 4.98 Å². The Morgan fingerprint density at radius 3 is 3.00 bits per heavy atom. The molecule has 114 valence electrons. The van der Waals surface area contributed by atoms with Crippen molar-refractivity contribution in [2.24, 2.45) is 0 Å². The third kappa shape index (κ3) is 1.85. The summed E-state index contributed by atoms with van der Waals surface area (Å²) >= 11 is 0. The van der Waals surface area contributed by atoms with Crippen LogP contribution in [0.3, 0.4) is 0 Å². The Balaban J connectivity index is 2.01. The smallest absolute Gasteiger partial charge is 0.316 e. The molecule has 7 nitrogen and oxygen atoms in total. The van der Waals surface area contributed by atoms with Gasteiger partial charge in [0, 0.05) is 11.6 Å². The maximum Gasteiger partial charge on any atom is 0.316 e. The molecule has 0 bridgehead atoms. The van der Waals surface area contributed by atoms with Crippen LogP contribution in [0, 0.1) is 0 Å². The van der Waals surface area contributed by atoms with Crippen molar-refractivity contribution < 1.29 is 9.84 Å². The molecule has 2 aromatic heterocycles. The van der Waals surface area contributed by atoms with E-state index in [9.17, 15) is 5.11 Å². The maximum atomic E-state index is 10.6. The third-order valence-corrected chi connectivity index (χ3v) is 4.52. The largest absolute Gasteiger partial charge is 0.467 e. The number of hydrogen-bond donors (Lipinski definition) is 1. The molecule has 1 N–H and O–H groups in total. The van der Waals surface area contributed by atoms with Crippen LogP contribution in [0.1, 0.15) is 32.2 Å². The number of ether oxygens (including phenoxy) is 1. The molecule has 7 heteroatoms. The summed E-state index contributed by atoms with van der Waals surface area (Å²) in [6.07, 6.45) is 4.35. The first-order valence-corrected chi connectivity index (χ1v) is 7.37. The van der Waals surface area contributed by atoms with Gasteiger partial charge in [0.1, 0.15) is 16.6 Å². The predicted octanol–water partition coefficient (Wildman–Crippen LogP) is 1.86. The van der Waals surface area contributed by atoms with Crippen LogP contribution in [0.25, 0.3) is 21.9 Å². The molecule has 0 spiro atoms. The van der Waals surface area contributed by atoms with Crippen molar-refractivity contribution in [2.75, 3.05) is 7.11 Å². The van der Waals surface area contributed by atoms with Crippen LogP contribution in [0.5, 0.6) is 6.01 Å². The Hall–Kier alpha value is -2.28. The van der Waals surface area contributed by atoms with E-state index in [1.165, 1.54) is 0 Å². The van der Waals surface area contributed by atoms with Crippen molar-refractivity contribution in [3.63, 3.8) is 0 Å². The van der Waals surface area contributed by atoms with Gasteiger partial charge in [-0.15, -0.1) is 5.10 Å². The number of methoxy groups -OCH3 is 1. The summed E-state index contributed by atoms with van der Waals surface area (Å²) in [5.41, 5.74) is 1.55. The van der Waals surface area contributed by atoms with Crippen molar-refractivity contribution in [1.29, 1.82) is 0 Å². The first kappa shape index (κ1) is 13.4. The molecular formula is C15H17N5O2. The molecule has 0 unspecified atom stereocenters. The maximum absolute atomic E-state index is 10.6. The van der Waals surface area contributed by atoms with Crippen molar-refractivity contribution in [3.05, 3.63) is 18.3 Å². The summed E-state index contributed by atoms with van der Waals surface area (Å²) in [5, 5.41) is 20.0. The lowest BCUT2D eigenvalue weighted by Crippen LogP contribution is -2.31. The number of hydrogen-bond acceptors (Lipinski definition) is 6. The van der Waals surface area contributed by atoms with Crippen LogP contribution in [-0.4, -0.2) is 42.8 Å². The van der Waals surface area contributed by atoms with Gasteiger partial charge in [0.05, 0.1) is 18.8 Å². The average Bonchev–Trinajstić information content (AvgIpc) is 3.09. The van der Waals surface area contributed by atoms with Gasteiger partial charge in [0.2, 0.25) is 0 Å². The minimum atomic E-state index is -0.778. The minimum absolute atomic E-state index is 0.0935. The molecule has 2 heterocycles. The summed E-state index contributed by atoms with van der Waals surface area (Å²) in [7, 11) is 1.54. The van der Waals surface area contributed by atoms with Crippen molar-refractivity contribution >= 4 is 21.9 Å². The molecule has 1 aliphatic carbocycles. The van der Waals surface area contributed by atoms with Crippen LogP contribution in [0.2, 0.25) is 0 Å². The van der Waals surface area contributed by atoms with E-state index in [2.05, 4.69) is 20.3 Å². The van der Waals surface area contributed by atoms with E-state index in [0.29, 0.717) is 6.01 Å². The number of nitrogens with zero attached hydrogens (tertiary/aromatic N) is 5. The Morgan fingerprint density at radius 1 is 1.41 bits per heavy atom. The summed E-state index contributed by atoms with van der Waals surface area (Å²) in [6, 6.07) is 4.04. The molecule has 22 heavy (non-hydrogen) atoms. The highest BCUT2D eigenvalue weighted by atomic mass is 16.5. The van der Waals surface area contributed by atoms with Gasteiger partial charge in [-0.3, -0.25) is 0 Å². The number of rotatable bonds is 2. The molecule has 1 aromatic carbocycles. The molecule has 2 atom stereocenters. The van der Waals surface area contributed by atoms with Crippen molar-refractivity contribution in [3.8, 4) is 6.01 Å². The van der Waals surface area contributed by atoms with Gasteiger partial charge in [-0.25, -0.2) is 9.67 Å². The lowest BCUT2D eigenvalue weighted by molar-refractivity contribution is 0.0231. The Morgan fingerprint density at radius 2 is 2.27 bits per heavy atom. The molecule has 0 amide bonds. The molecule has 1 fully saturated rings. The minimum Gasteiger partial charge on any atom is -0.467 e. The van der Waals surface area contributed by atoms with Gasteiger partial charge in [0.25, 0.3) is 0 Å². The summed E-state index contributed by atoms with van der Waals surface area (Å²) in [5.74, 6) is 0. The van der Waals surface area contributed by atoms with Crippen LogP contribution in [0.4, 0.5) is 0 Å². The Labute approximate surface area is 126 Å². The SMILES string of the molecule is COc1ncc2ccc3nnn([C@@H]4CCC[C@@]4(C)O)c3c2n1. The topological polar surface area (TPSA) is 86.0 Å². The lowest BCUT2D eigenvalue weighted by atomic mass is 10.0. The van der Waals surface area contributed by atoms with Crippen LogP contribution < -0.4 is 4.74 Å². The fraction of sp³-hybridized carbons (Fsp3) is 0.467. The molecule has 0 saturated heterocycles. The zero-order valence-electron chi connectivity index (χ0n) is 12.5. The van der Waals surface area contributed by atoms with Crippen LogP contribution >= 0.6 is 0 Å². The second-order valence-electron chi connectivity index (χ2n) is 6.03. The van der Waals surface area contributed by atoms with Gasteiger partial charge in [-0.05, 0) is 38.3 Å². The van der Waals surface area contributed by atoms with E-state index in [-0.39, 0.29) is 6.04 Å². The number of benzene rings is 1. The van der Waals surface area contributed by atoms with Gasteiger partial charge < -0.3 is 9.84 Å². The van der Waals surface area contributed by atoms with Crippen LogP contribution in [-0.2, 0) is 0 Å². The van der Waals surface area contributed by atoms with Crippen molar-refractivity contribution in [2.45, 2.75) is 37.8 Å². The Kier molecular flexibility index (Phi) is 2.80. The summed E-state index contributed by atoms with van der Waals surface area (Å²) in [4.78, 5) is 8.60. The highest BCUT2D eigenvalue weighted by Gasteiger charge is 2.39. The van der Waals surface area contributed by atoms with Crippen molar-refractivity contribution in [1.82, 2.24) is 25.0 Å². The number of fused-ring (bicyclic) bond motifs is 3. The second kappa shape index (κ2) is 4.61. The highest BCUT2D eigenvalue weighted by Crippen LogP contribution is 2.40. The molecule has 3 aromatic rings. The molecule has 0 aliphatic heterocycles. The second-order valence-corrected chi connectivity index (χ2v) is 6.03. The predicted molar refractivity (Wildman–Crippen MR) is 80.7 cm³/mol. The van der Waals surface area contributed by atoms with E-state index in [4.69, 9.17) is 4.74 Å². The van der Waals surface area contributed by atoms with Gasteiger partial charge in [0.15, 0.2) is 0 Å². The Bertz CT molecular complexity index is 858. The van der Waals surface area contributed by atoms with E-state index in [0.717, 1.165) is 41.2 Å². The molecule has 1 saturated carbocycles. The van der Waals surface area contributed by atoms with E-state index in [1.807, 2.05) is 23.7 Å². The fourth-order valence-corrected chi connectivity index (χ4v) is 3.34. The monoisotopic (exact) mass is 299 g/mol. The highest BCUT2D eigenvalue weighted by molar-refractivity contribution is 6.01. The van der Waals surface area contributed by atoms with E-state index < -0.39 is 5.60 Å². The van der Waals surface area contributed by atoms with E-state index in [1.54, 1.807) is 13.3 Å². The summed E-state index contributed by atoms with van der Waals surface area (Å²) < 4.78 is 6.95. The first-order chi connectivity index (χ1) is 10.6. The van der Waals surface area contributed by atoms with Gasteiger partial charge >= 0.3 is 6.01 Å². The quantitative estimate of drug-likeness (QED) is 0.777. The number of aromatic nitrogens is 5. The summed E-state index contributed by atoms with van der Waals surface area (Å²) in [6.45, 7) is 1.86. The fourth-order valence-electron chi connectivity index (χ4n) is 3.34. The molecular weight excluding hydrogens is 282 g/mol. The zero-order valence-corrected chi connectivity index (χ0v) is 12.5. The number of aliphatic hydroxyl groups is 1. The standard InChI is InChI=1S/C15H17N5O2/c1-15(21)7-3-4-11(15)20-13-10(18-19-20)6-5-9-8-16-14(22-2)17-12(9)13/h5-6,8,11,21H,3-4,7H2,1-2H3/t11-,15-/m1/s1. The lowest BCUT2D eigenvalue weighted by Gasteiger charge is -2.25. The molecule has 4 rings (SSSR count). The van der Waals surface area contributed by atoms with Gasteiger partial charge in [-0.1, -0.05) is 5.21 Å². The van der Waals surface area contributed by atoms with Crippen LogP contribution in [0.15, 0.2) is 18.3 Å². The molecule has 0 radical (unpaired) electrons. The normalized spacial score (nSPS) is 25.1. The molecule has 1 aliphatic rings. The first-order valence-electron chi connectivity index (χ1n) is 7.37. The average molecular weight is 299 g/mol. The zero-order chi connectivity index (χ0) is 15.3. The van der Waals surface area contributed by atoms with E-state index >= 15 is 0 Å².